The number of carbonyl (C=O) groups excluding carboxylic acids is 1. The summed E-state index contributed by atoms with van der Waals surface area (Å²) in [5.41, 5.74) is 5.70. The molecule has 1 aromatic carbocycles. The maximum atomic E-state index is 12.2. The normalized spacial score (nSPS) is 14.2. The van der Waals surface area contributed by atoms with Crippen LogP contribution in [0.4, 0.5) is 0 Å². The van der Waals surface area contributed by atoms with Gasteiger partial charge in [0.25, 0.3) is 5.91 Å². The van der Waals surface area contributed by atoms with E-state index in [1.807, 2.05) is 31.2 Å². The van der Waals surface area contributed by atoms with E-state index < -0.39 is 0 Å². The minimum Gasteiger partial charge on any atom is -0.348 e. The molecule has 3 heteroatoms. The van der Waals surface area contributed by atoms with Crippen LogP contribution >= 0.6 is 0 Å². The first-order valence-corrected chi connectivity index (χ1v) is 7.58. The Balaban J connectivity index is 1.69. The van der Waals surface area contributed by atoms with E-state index in [1.165, 1.54) is 35.4 Å². The van der Waals surface area contributed by atoms with Gasteiger partial charge in [-0.1, -0.05) is 17.7 Å². The van der Waals surface area contributed by atoms with Crippen molar-refractivity contribution in [1.82, 2.24) is 9.88 Å². The number of carbonyl (C=O) groups is 1. The zero-order valence-corrected chi connectivity index (χ0v) is 12.9. The molecule has 0 aliphatic heterocycles. The van der Waals surface area contributed by atoms with Gasteiger partial charge in [-0.05, 0) is 57.4 Å². The monoisotopic (exact) mass is 282 g/mol. The lowest BCUT2D eigenvalue weighted by atomic mass is 10.1. The molecule has 1 aromatic heterocycles. The smallest absolute Gasteiger partial charge is 0.251 e. The number of hydrogen-bond donors (Lipinski definition) is 1. The second-order valence-electron chi connectivity index (χ2n) is 6.05. The van der Waals surface area contributed by atoms with Crippen molar-refractivity contribution < 1.29 is 4.79 Å². The van der Waals surface area contributed by atoms with Gasteiger partial charge in [0, 0.05) is 29.5 Å². The summed E-state index contributed by atoms with van der Waals surface area (Å²) in [5, 5.41) is 3.02. The van der Waals surface area contributed by atoms with Gasteiger partial charge in [-0.25, -0.2) is 0 Å². The predicted octanol–water partition coefficient (Wildman–Crippen LogP) is 3.68. The van der Waals surface area contributed by atoms with Gasteiger partial charge in [0.2, 0.25) is 0 Å². The van der Waals surface area contributed by atoms with E-state index in [0.717, 1.165) is 5.56 Å². The summed E-state index contributed by atoms with van der Waals surface area (Å²) in [5.74, 6) is -0.00812. The van der Waals surface area contributed by atoms with Gasteiger partial charge in [0.15, 0.2) is 0 Å². The molecule has 1 aliphatic rings. The zero-order chi connectivity index (χ0) is 15.0. The Morgan fingerprint density at radius 2 is 1.86 bits per heavy atom. The van der Waals surface area contributed by atoms with Crippen LogP contribution in [0.5, 0.6) is 0 Å². The molecule has 0 unspecified atom stereocenters. The molecule has 3 rings (SSSR count). The molecule has 0 radical (unpaired) electrons. The molecule has 3 nitrogen and oxygen atoms in total. The van der Waals surface area contributed by atoms with Crippen molar-refractivity contribution in [2.45, 2.75) is 46.2 Å². The van der Waals surface area contributed by atoms with Crippen LogP contribution in [0.2, 0.25) is 0 Å². The number of amides is 1. The minimum absolute atomic E-state index is 0.00812. The first kappa shape index (κ1) is 13.9. The van der Waals surface area contributed by atoms with Gasteiger partial charge in [0.05, 0.1) is 0 Å². The third-order valence-corrected chi connectivity index (χ3v) is 4.25. The number of nitrogens with one attached hydrogen (secondary N) is 1. The van der Waals surface area contributed by atoms with E-state index in [1.54, 1.807) is 0 Å². The number of hydrogen-bond acceptors (Lipinski definition) is 1. The summed E-state index contributed by atoms with van der Waals surface area (Å²) >= 11 is 0. The van der Waals surface area contributed by atoms with Crippen LogP contribution in [-0.2, 0) is 6.54 Å². The van der Waals surface area contributed by atoms with E-state index in [0.29, 0.717) is 12.6 Å². The topological polar surface area (TPSA) is 34.0 Å². The largest absolute Gasteiger partial charge is 0.348 e. The van der Waals surface area contributed by atoms with Crippen molar-refractivity contribution >= 4 is 5.91 Å². The first-order chi connectivity index (χ1) is 10.1. The lowest BCUT2D eigenvalue weighted by Crippen LogP contribution is -2.23. The summed E-state index contributed by atoms with van der Waals surface area (Å²) in [4.78, 5) is 12.2. The Hall–Kier alpha value is -2.03. The zero-order valence-electron chi connectivity index (χ0n) is 12.9. The lowest BCUT2D eigenvalue weighted by molar-refractivity contribution is 0.0951. The average Bonchev–Trinajstić information content (AvgIpc) is 3.24. The van der Waals surface area contributed by atoms with Gasteiger partial charge in [-0.15, -0.1) is 0 Å². The Morgan fingerprint density at radius 3 is 2.48 bits per heavy atom. The molecule has 21 heavy (non-hydrogen) atoms. The van der Waals surface area contributed by atoms with Crippen LogP contribution in [0, 0.1) is 20.8 Å². The fourth-order valence-corrected chi connectivity index (χ4v) is 2.90. The summed E-state index contributed by atoms with van der Waals surface area (Å²) in [6, 6.07) is 10.6. The van der Waals surface area contributed by atoms with E-state index >= 15 is 0 Å². The molecule has 1 saturated carbocycles. The SMILES string of the molecule is Cc1ccc(C(=O)NCc2cc(C)n(C3CC3)c2C)cc1. The van der Waals surface area contributed by atoms with Crippen molar-refractivity contribution in [3.63, 3.8) is 0 Å². The van der Waals surface area contributed by atoms with Crippen LogP contribution in [0.3, 0.4) is 0 Å². The van der Waals surface area contributed by atoms with Crippen LogP contribution in [-0.4, -0.2) is 10.5 Å². The van der Waals surface area contributed by atoms with Crippen molar-refractivity contribution in [2.75, 3.05) is 0 Å². The van der Waals surface area contributed by atoms with E-state index in [-0.39, 0.29) is 5.91 Å². The Kier molecular flexibility index (Phi) is 3.58. The molecule has 1 N–H and O–H groups in total. The molecular weight excluding hydrogens is 260 g/mol. The molecule has 1 amide bonds. The Labute approximate surface area is 126 Å². The number of rotatable bonds is 4. The number of nitrogens with zero attached hydrogens (tertiary/aromatic N) is 1. The Bertz CT molecular complexity index is 663. The third kappa shape index (κ3) is 2.87. The summed E-state index contributed by atoms with van der Waals surface area (Å²) in [6.45, 7) is 6.92. The molecule has 0 atom stereocenters. The highest BCUT2D eigenvalue weighted by molar-refractivity contribution is 5.94. The second kappa shape index (κ2) is 5.40. The highest BCUT2D eigenvalue weighted by Crippen LogP contribution is 2.38. The van der Waals surface area contributed by atoms with Gasteiger partial charge in [-0.2, -0.15) is 0 Å². The molecule has 1 heterocycles. The van der Waals surface area contributed by atoms with Gasteiger partial charge in [0.1, 0.15) is 0 Å². The van der Waals surface area contributed by atoms with Crippen LogP contribution in [0.1, 0.15) is 51.8 Å². The minimum atomic E-state index is -0.00812. The quantitative estimate of drug-likeness (QED) is 0.912. The first-order valence-electron chi connectivity index (χ1n) is 7.58. The Morgan fingerprint density at radius 1 is 1.19 bits per heavy atom. The number of aryl methyl sites for hydroxylation is 2. The second-order valence-corrected chi connectivity index (χ2v) is 6.05. The molecule has 0 saturated heterocycles. The van der Waals surface area contributed by atoms with Crippen molar-refractivity contribution in [3.05, 3.63) is 58.4 Å². The molecule has 2 aromatic rings. The summed E-state index contributed by atoms with van der Waals surface area (Å²) in [7, 11) is 0. The van der Waals surface area contributed by atoms with Gasteiger partial charge >= 0.3 is 0 Å². The van der Waals surface area contributed by atoms with Gasteiger partial charge in [-0.3, -0.25) is 4.79 Å². The van der Waals surface area contributed by atoms with Crippen molar-refractivity contribution in [3.8, 4) is 0 Å². The van der Waals surface area contributed by atoms with E-state index in [2.05, 4.69) is 29.8 Å². The fraction of sp³-hybridized carbons (Fsp3) is 0.389. The maximum absolute atomic E-state index is 12.2. The standard InChI is InChI=1S/C18H22N2O/c1-12-4-6-15(7-5-12)18(21)19-11-16-10-13(2)20(14(16)3)17-8-9-17/h4-7,10,17H,8-9,11H2,1-3H3,(H,19,21). The van der Waals surface area contributed by atoms with Gasteiger partial charge < -0.3 is 9.88 Å². The average molecular weight is 282 g/mol. The molecule has 1 aliphatic carbocycles. The van der Waals surface area contributed by atoms with Crippen LogP contribution in [0.25, 0.3) is 0 Å². The molecule has 0 spiro atoms. The molecular formula is C18H22N2O. The lowest BCUT2D eigenvalue weighted by Gasteiger charge is -2.09. The van der Waals surface area contributed by atoms with Crippen LogP contribution < -0.4 is 5.32 Å². The highest BCUT2D eigenvalue weighted by Gasteiger charge is 2.26. The number of aromatic nitrogens is 1. The van der Waals surface area contributed by atoms with Crippen LogP contribution in [0.15, 0.2) is 30.3 Å². The number of benzene rings is 1. The fourth-order valence-electron chi connectivity index (χ4n) is 2.90. The molecule has 110 valence electrons. The van der Waals surface area contributed by atoms with E-state index in [9.17, 15) is 4.79 Å². The third-order valence-electron chi connectivity index (χ3n) is 4.25. The van der Waals surface area contributed by atoms with E-state index in [4.69, 9.17) is 0 Å². The van der Waals surface area contributed by atoms with Crippen molar-refractivity contribution in [1.29, 1.82) is 0 Å². The highest BCUT2D eigenvalue weighted by atomic mass is 16.1. The van der Waals surface area contributed by atoms with Crippen molar-refractivity contribution in [2.24, 2.45) is 0 Å². The summed E-state index contributed by atoms with van der Waals surface area (Å²) in [6.07, 6.45) is 2.57. The predicted molar refractivity (Wildman–Crippen MR) is 84.5 cm³/mol. The molecule has 1 fully saturated rings. The summed E-state index contributed by atoms with van der Waals surface area (Å²) < 4.78 is 2.41. The molecule has 0 bridgehead atoms. The maximum Gasteiger partial charge on any atom is 0.251 e.